The number of carbonyl (C=O) groups excluding carboxylic acids is 1. The Morgan fingerprint density at radius 3 is 2.56 bits per heavy atom. The minimum Gasteiger partial charge on any atom is -0.298 e. The van der Waals surface area contributed by atoms with Crippen LogP contribution < -0.4 is 0 Å². The summed E-state index contributed by atoms with van der Waals surface area (Å²) in [5, 5.41) is 0. The normalized spacial score (nSPS) is 12.6. The van der Waals surface area contributed by atoms with Gasteiger partial charge in [0.15, 0.2) is 0 Å². The molecule has 0 bridgehead atoms. The Morgan fingerprint density at radius 1 is 0.960 bits per heavy atom. The summed E-state index contributed by atoms with van der Waals surface area (Å²) in [7, 11) is 0. The van der Waals surface area contributed by atoms with Crippen LogP contribution in [0.2, 0.25) is 0 Å². The Balaban J connectivity index is 1.62. The second-order valence-corrected chi connectivity index (χ2v) is 6.22. The van der Waals surface area contributed by atoms with Crippen LogP contribution in [-0.4, -0.2) is 12.0 Å². The van der Waals surface area contributed by atoms with E-state index in [1.165, 1.54) is 17.2 Å². The first-order valence-electron chi connectivity index (χ1n) is 8.21. The zero-order chi connectivity index (χ0) is 17.2. The van der Waals surface area contributed by atoms with Gasteiger partial charge < -0.3 is 0 Å². The second-order valence-electron chi connectivity index (χ2n) is 6.22. The molecular weight excluding hydrogens is 313 g/mol. The number of carbonyl (C=O) groups is 1. The molecule has 0 amide bonds. The Hall–Kier alpha value is -3.07. The molecule has 4 rings (SSSR count). The minimum atomic E-state index is -0.402. The second kappa shape index (κ2) is 6.44. The van der Waals surface area contributed by atoms with Gasteiger partial charge in [0.2, 0.25) is 0 Å². The molecule has 3 aromatic rings. The summed E-state index contributed by atoms with van der Waals surface area (Å²) in [6.07, 6.45) is 2.10. The molecule has 2 nitrogen and oxygen atoms in total. The summed E-state index contributed by atoms with van der Waals surface area (Å²) in [5.41, 5.74) is 5.95. The summed E-state index contributed by atoms with van der Waals surface area (Å²) in [5.74, 6) is -0.402. The van der Waals surface area contributed by atoms with Gasteiger partial charge in [0.1, 0.15) is 12.1 Å². The van der Waals surface area contributed by atoms with Crippen molar-refractivity contribution < 1.29 is 9.18 Å². The third-order valence-electron chi connectivity index (χ3n) is 4.45. The predicted octanol–water partition coefficient (Wildman–Crippen LogP) is 4.91. The lowest BCUT2D eigenvalue weighted by Gasteiger charge is -2.04. The van der Waals surface area contributed by atoms with Gasteiger partial charge in [-0.2, -0.15) is 0 Å². The van der Waals surface area contributed by atoms with Crippen molar-refractivity contribution in [2.75, 3.05) is 0 Å². The highest BCUT2D eigenvalue weighted by atomic mass is 19.1. The van der Waals surface area contributed by atoms with Crippen LogP contribution in [0.25, 0.3) is 0 Å². The Kier molecular flexibility index (Phi) is 3.98. The molecule has 0 fully saturated rings. The molecule has 3 aromatic carbocycles. The fourth-order valence-corrected chi connectivity index (χ4v) is 3.16. The third kappa shape index (κ3) is 3.13. The fourth-order valence-electron chi connectivity index (χ4n) is 3.16. The van der Waals surface area contributed by atoms with Gasteiger partial charge in [0, 0.05) is 17.5 Å². The molecule has 1 aliphatic rings. The Labute approximate surface area is 145 Å². The number of aldehydes is 1. The molecule has 1 heterocycles. The van der Waals surface area contributed by atoms with Crippen molar-refractivity contribution in [3.05, 3.63) is 100 Å². The van der Waals surface area contributed by atoms with E-state index in [2.05, 4.69) is 35.3 Å². The van der Waals surface area contributed by atoms with Gasteiger partial charge >= 0.3 is 0 Å². The fraction of sp³-hybridized carbons (Fsp3) is 0.0909. The molecule has 0 aliphatic carbocycles. The topological polar surface area (TPSA) is 29.4 Å². The molecular formula is C22H16FNO. The maximum atomic E-state index is 14.2. The summed E-state index contributed by atoms with van der Waals surface area (Å²) >= 11 is 0. The third-order valence-corrected chi connectivity index (χ3v) is 4.45. The van der Waals surface area contributed by atoms with E-state index in [1.807, 2.05) is 18.2 Å². The predicted molar refractivity (Wildman–Crippen MR) is 97.4 cm³/mol. The van der Waals surface area contributed by atoms with Gasteiger partial charge in [-0.15, -0.1) is 0 Å². The smallest absolute Gasteiger partial charge is 0.150 e. The van der Waals surface area contributed by atoms with E-state index in [0.29, 0.717) is 29.5 Å². The molecule has 25 heavy (non-hydrogen) atoms. The standard InChI is InChI=1S/C22H16FNO/c23-20-11-17(14-25)7-9-19(20)22-13-18-8-6-16(12-21(18)24-22)10-15-4-2-1-3-5-15/h1-9,11-12,14H,10,13H2. The molecule has 0 radical (unpaired) electrons. The van der Waals surface area contributed by atoms with E-state index in [1.54, 1.807) is 12.1 Å². The Morgan fingerprint density at radius 2 is 1.80 bits per heavy atom. The largest absolute Gasteiger partial charge is 0.298 e. The number of halogens is 1. The van der Waals surface area contributed by atoms with Gasteiger partial charge in [-0.25, -0.2) is 4.39 Å². The summed E-state index contributed by atoms with van der Waals surface area (Å²) in [6.45, 7) is 0. The van der Waals surface area contributed by atoms with Crippen LogP contribution in [0.1, 0.15) is 32.6 Å². The van der Waals surface area contributed by atoms with Gasteiger partial charge in [0.25, 0.3) is 0 Å². The zero-order valence-corrected chi connectivity index (χ0v) is 13.6. The number of rotatable bonds is 4. The lowest BCUT2D eigenvalue weighted by Crippen LogP contribution is -2.04. The number of benzene rings is 3. The SMILES string of the molecule is O=Cc1ccc(C2=Nc3cc(Cc4ccccc4)ccc3C2)c(F)c1. The molecule has 0 saturated carbocycles. The van der Waals surface area contributed by atoms with E-state index in [4.69, 9.17) is 0 Å². The quantitative estimate of drug-likeness (QED) is 0.626. The lowest BCUT2D eigenvalue weighted by atomic mass is 10.00. The van der Waals surface area contributed by atoms with Crippen molar-refractivity contribution in [1.29, 1.82) is 0 Å². The van der Waals surface area contributed by atoms with Crippen molar-refractivity contribution in [1.82, 2.24) is 0 Å². The van der Waals surface area contributed by atoms with Crippen LogP contribution >= 0.6 is 0 Å². The minimum absolute atomic E-state index is 0.336. The van der Waals surface area contributed by atoms with Crippen LogP contribution in [0, 0.1) is 5.82 Å². The summed E-state index contributed by atoms with van der Waals surface area (Å²) in [4.78, 5) is 15.4. The molecule has 122 valence electrons. The first-order chi connectivity index (χ1) is 12.2. The average molecular weight is 329 g/mol. The highest BCUT2D eigenvalue weighted by Crippen LogP contribution is 2.31. The highest BCUT2D eigenvalue weighted by Gasteiger charge is 2.19. The maximum Gasteiger partial charge on any atom is 0.150 e. The molecule has 0 spiro atoms. The van der Waals surface area contributed by atoms with Crippen LogP contribution in [0.4, 0.5) is 10.1 Å². The number of hydrogen-bond acceptors (Lipinski definition) is 2. The molecule has 0 N–H and O–H groups in total. The number of aliphatic imine (C=N–C) groups is 1. The van der Waals surface area contributed by atoms with E-state index in [9.17, 15) is 9.18 Å². The molecule has 0 aromatic heterocycles. The number of nitrogens with zero attached hydrogens (tertiary/aromatic N) is 1. The van der Waals surface area contributed by atoms with E-state index >= 15 is 0 Å². The van der Waals surface area contributed by atoms with Gasteiger partial charge in [-0.1, -0.05) is 48.5 Å². The monoisotopic (exact) mass is 329 g/mol. The molecule has 1 aliphatic heterocycles. The zero-order valence-electron chi connectivity index (χ0n) is 13.6. The number of hydrogen-bond donors (Lipinski definition) is 0. The van der Waals surface area contributed by atoms with Gasteiger partial charge in [0.05, 0.1) is 11.4 Å². The highest BCUT2D eigenvalue weighted by molar-refractivity contribution is 6.07. The van der Waals surface area contributed by atoms with E-state index in [-0.39, 0.29) is 0 Å². The summed E-state index contributed by atoms with van der Waals surface area (Å²) < 4.78 is 14.2. The van der Waals surface area contributed by atoms with Gasteiger partial charge in [-0.05, 0) is 41.3 Å². The van der Waals surface area contributed by atoms with Gasteiger partial charge in [-0.3, -0.25) is 9.79 Å². The lowest BCUT2D eigenvalue weighted by molar-refractivity contribution is 0.112. The van der Waals surface area contributed by atoms with E-state index in [0.717, 1.165) is 17.7 Å². The van der Waals surface area contributed by atoms with Crippen molar-refractivity contribution in [2.24, 2.45) is 4.99 Å². The van der Waals surface area contributed by atoms with Crippen molar-refractivity contribution in [2.45, 2.75) is 12.8 Å². The van der Waals surface area contributed by atoms with Crippen LogP contribution in [-0.2, 0) is 12.8 Å². The van der Waals surface area contributed by atoms with Crippen LogP contribution in [0.5, 0.6) is 0 Å². The Bertz CT molecular complexity index is 977. The number of fused-ring (bicyclic) bond motifs is 1. The van der Waals surface area contributed by atoms with Crippen LogP contribution in [0.15, 0.2) is 71.7 Å². The molecule has 3 heteroatoms. The average Bonchev–Trinajstić information content (AvgIpc) is 3.05. The first-order valence-corrected chi connectivity index (χ1v) is 8.21. The first kappa shape index (κ1) is 15.5. The summed E-state index contributed by atoms with van der Waals surface area (Å²) in [6, 6.07) is 21.0. The molecule has 0 unspecified atom stereocenters. The molecule has 0 atom stereocenters. The van der Waals surface area contributed by atoms with Crippen molar-refractivity contribution >= 4 is 17.7 Å². The van der Waals surface area contributed by atoms with Crippen molar-refractivity contribution in [3.8, 4) is 0 Å². The van der Waals surface area contributed by atoms with E-state index < -0.39 is 5.82 Å². The molecule has 0 saturated heterocycles. The van der Waals surface area contributed by atoms with Crippen molar-refractivity contribution in [3.63, 3.8) is 0 Å². The maximum absolute atomic E-state index is 14.2. The van der Waals surface area contributed by atoms with Crippen LogP contribution in [0.3, 0.4) is 0 Å².